The molecule has 0 saturated carbocycles. The molecule has 3 N–H and O–H groups in total. The van der Waals surface area contributed by atoms with Crippen molar-refractivity contribution in [3.8, 4) is 0 Å². The Kier molecular flexibility index (Phi) is 36.8. The fourth-order valence-corrected chi connectivity index (χ4v) is 5.61. The van der Waals surface area contributed by atoms with Crippen LogP contribution in [0.4, 0.5) is 0 Å². The van der Waals surface area contributed by atoms with E-state index in [1.807, 2.05) is 0 Å². The zero-order valence-electron chi connectivity index (χ0n) is 32.9. The van der Waals surface area contributed by atoms with Crippen LogP contribution >= 0.6 is 7.82 Å². The molecule has 0 rings (SSSR count). The van der Waals surface area contributed by atoms with Crippen LogP contribution in [0.25, 0.3) is 0 Å². The smallest absolute Gasteiger partial charge is 0.463 e. The van der Waals surface area contributed by atoms with E-state index in [0.717, 1.165) is 96.3 Å². The normalized spacial score (nSPS) is 14.3. The molecule has 0 bridgehead atoms. The number of ether oxygens (including phenoxy) is 1. The Balaban J connectivity index is 3.70. The van der Waals surface area contributed by atoms with E-state index in [4.69, 9.17) is 13.8 Å². The number of aliphatic hydroxyl groups is 1. The lowest BCUT2D eigenvalue weighted by molar-refractivity contribution is -0.147. The Bertz CT molecular complexity index is 1140. The van der Waals surface area contributed by atoms with Gasteiger partial charge in [-0.1, -0.05) is 131 Å². The molecule has 0 aliphatic rings. The van der Waals surface area contributed by atoms with E-state index in [9.17, 15) is 24.2 Å². The maximum atomic E-state index is 12.1. The summed E-state index contributed by atoms with van der Waals surface area (Å²) in [6.45, 7) is 3.23. The van der Waals surface area contributed by atoms with Gasteiger partial charge in [-0.3, -0.25) is 18.6 Å². The van der Waals surface area contributed by atoms with Gasteiger partial charge in [0.2, 0.25) is 5.91 Å². The van der Waals surface area contributed by atoms with Crippen LogP contribution in [0.3, 0.4) is 0 Å². The molecule has 0 aromatic heterocycles. The van der Waals surface area contributed by atoms with E-state index < -0.39 is 26.5 Å². The zero-order chi connectivity index (χ0) is 38.9. The largest absolute Gasteiger partial charge is 0.472 e. The molecule has 0 heterocycles. The van der Waals surface area contributed by atoms with Gasteiger partial charge in [0.25, 0.3) is 0 Å². The number of amides is 1. The van der Waals surface area contributed by atoms with E-state index in [-0.39, 0.29) is 32.1 Å². The van der Waals surface area contributed by atoms with Crippen molar-refractivity contribution < 1.29 is 37.9 Å². The van der Waals surface area contributed by atoms with Crippen molar-refractivity contribution in [2.24, 2.45) is 0 Å². The molecule has 0 aliphatic heterocycles. The van der Waals surface area contributed by atoms with E-state index >= 15 is 0 Å². The maximum absolute atomic E-state index is 12.1. The van der Waals surface area contributed by atoms with Crippen molar-refractivity contribution in [3.63, 3.8) is 0 Å². The van der Waals surface area contributed by atoms with Gasteiger partial charge in [0, 0.05) is 19.4 Å². The lowest BCUT2D eigenvalue weighted by Crippen LogP contribution is -2.27. The molecule has 0 aliphatic carbocycles. The van der Waals surface area contributed by atoms with Crippen LogP contribution in [-0.2, 0) is 27.9 Å². The molecule has 0 aromatic rings. The first-order valence-corrected chi connectivity index (χ1v) is 21.6. The minimum absolute atomic E-state index is 0.0531. The number of carbonyl (C=O) groups is 2. The molecular formula is C43H72NO8P. The highest BCUT2D eigenvalue weighted by Gasteiger charge is 2.23. The second-order valence-corrected chi connectivity index (χ2v) is 14.3. The Morgan fingerprint density at radius 2 is 1.02 bits per heavy atom. The Hall–Kier alpha value is -2.81. The molecule has 1 amide bonds. The summed E-state index contributed by atoms with van der Waals surface area (Å²) in [5, 5.41) is 12.6. The first kappa shape index (κ1) is 50.2. The first-order chi connectivity index (χ1) is 25.8. The highest BCUT2D eigenvalue weighted by molar-refractivity contribution is 7.47. The molecule has 0 fully saturated rings. The third-order valence-electron chi connectivity index (χ3n) is 7.82. The summed E-state index contributed by atoms with van der Waals surface area (Å²) in [5.74, 6) is -0.577. The Labute approximate surface area is 322 Å². The molecule has 2 unspecified atom stereocenters. The Morgan fingerprint density at radius 1 is 0.585 bits per heavy atom. The van der Waals surface area contributed by atoms with Gasteiger partial charge < -0.3 is 20.1 Å². The van der Waals surface area contributed by atoms with Gasteiger partial charge in [0.05, 0.1) is 13.2 Å². The number of phosphoric acid groups is 1. The van der Waals surface area contributed by atoms with Crippen LogP contribution in [-0.4, -0.2) is 54.3 Å². The molecule has 10 heteroatoms. The van der Waals surface area contributed by atoms with Gasteiger partial charge in [-0.25, -0.2) is 4.57 Å². The van der Waals surface area contributed by atoms with E-state index in [1.54, 1.807) is 0 Å². The monoisotopic (exact) mass is 761 g/mol. The van der Waals surface area contributed by atoms with Crippen molar-refractivity contribution in [3.05, 3.63) is 85.1 Å². The highest BCUT2D eigenvalue weighted by Crippen LogP contribution is 2.42. The number of nitrogens with one attached hydrogen (secondary N) is 1. The van der Waals surface area contributed by atoms with E-state index in [1.165, 1.54) is 19.3 Å². The van der Waals surface area contributed by atoms with Crippen molar-refractivity contribution in [2.45, 2.75) is 148 Å². The lowest BCUT2D eigenvalue weighted by atomic mass is 10.1. The zero-order valence-corrected chi connectivity index (χ0v) is 33.8. The highest BCUT2D eigenvalue weighted by atomic mass is 31.2. The summed E-state index contributed by atoms with van der Waals surface area (Å²) in [5.41, 5.74) is 0. The molecule has 2 atom stereocenters. The first-order valence-electron chi connectivity index (χ1n) is 20.1. The van der Waals surface area contributed by atoms with Crippen molar-refractivity contribution >= 4 is 19.7 Å². The van der Waals surface area contributed by atoms with Crippen LogP contribution in [0.5, 0.6) is 0 Å². The Morgan fingerprint density at radius 3 is 1.55 bits per heavy atom. The van der Waals surface area contributed by atoms with Gasteiger partial charge in [0.1, 0.15) is 12.7 Å². The number of aliphatic hydroxyl groups excluding tert-OH is 1. The summed E-state index contributed by atoms with van der Waals surface area (Å²) >= 11 is 0. The van der Waals surface area contributed by atoms with Gasteiger partial charge in [-0.15, -0.1) is 0 Å². The molecule has 0 radical (unpaired) electrons. The third kappa shape index (κ3) is 40.2. The fourth-order valence-electron chi connectivity index (χ4n) is 4.85. The molecule has 0 spiro atoms. The summed E-state index contributed by atoms with van der Waals surface area (Å²) in [6.07, 6.45) is 48.0. The standard InChI is InChI=1S/C43H72NO8P/c1-3-5-7-9-11-13-15-17-19-20-22-24-26-28-30-32-34-36-43(47)50-39-41(45)40-52-53(48,49)51-38-37-44-42(46)35-33-31-29-27-25-23-21-18-16-14-12-10-8-6-4-2/h5-8,11-14,17-19,21,25,27,41,45H,3-4,9-10,15-16,20,22-24,26,28-40H2,1-2H3,(H,44,46)(H,48,49)/b7-5-,8-6-,13-11-,14-12-,19-17-,21-18-,27-25-. The average Bonchev–Trinajstić information content (AvgIpc) is 3.14. The number of unbranched alkanes of at least 4 members (excludes halogenated alkanes) is 9. The van der Waals surface area contributed by atoms with Gasteiger partial charge in [0.15, 0.2) is 0 Å². The summed E-state index contributed by atoms with van der Waals surface area (Å²) in [4.78, 5) is 33.8. The number of hydrogen-bond donors (Lipinski definition) is 3. The van der Waals surface area contributed by atoms with Crippen molar-refractivity contribution in [1.82, 2.24) is 5.32 Å². The predicted molar refractivity (Wildman–Crippen MR) is 219 cm³/mol. The second-order valence-electron chi connectivity index (χ2n) is 12.8. The topological polar surface area (TPSA) is 131 Å². The van der Waals surface area contributed by atoms with Gasteiger partial charge >= 0.3 is 13.8 Å². The summed E-state index contributed by atoms with van der Waals surface area (Å²) in [6, 6.07) is 0. The van der Waals surface area contributed by atoms with Gasteiger partial charge in [-0.05, 0) is 83.5 Å². The number of allylic oxidation sites excluding steroid dienone is 14. The molecule has 9 nitrogen and oxygen atoms in total. The van der Waals surface area contributed by atoms with Crippen LogP contribution in [0.1, 0.15) is 142 Å². The predicted octanol–water partition coefficient (Wildman–Crippen LogP) is 10.9. The van der Waals surface area contributed by atoms with Crippen LogP contribution in [0.15, 0.2) is 85.1 Å². The quantitative estimate of drug-likeness (QED) is 0.0249. The molecule has 53 heavy (non-hydrogen) atoms. The van der Waals surface area contributed by atoms with Crippen molar-refractivity contribution in [2.75, 3.05) is 26.4 Å². The molecule has 302 valence electrons. The van der Waals surface area contributed by atoms with Crippen LogP contribution < -0.4 is 5.32 Å². The third-order valence-corrected chi connectivity index (χ3v) is 8.80. The maximum Gasteiger partial charge on any atom is 0.472 e. The van der Waals surface area contributed by atoms with Crippen LogP contribution in [0, 0.1) is 0 Å². The molecule has 0 aromatic carbocycles. The fraction of sp³-hybridized carbons (Fsp3) is 0.628. The average molecular weight is 762 g/mol. The summed E-state index contributed by atoms with van der Waals surface area (Å²) < 4.78 is 26.8. The molecular weight excluding hydrogens is 689 g/mol. The minimum atomic E-state index is -4.43. The minimum Gasteiger partial charge on any atom is -0.463 e. The number of hydrogen-bond acceptors (Lipinski definition) is 7. The number of carbonyl (C=O) groups excluding carboxylic acids is 2. The van der Waals surface area contributed by atoms with E-state index in [0.29, 0.717) is 6.42 Å². The number of rotatable bonds is 36. The second kappa shape index (κ2) is 38.9. The summed E-state index contributed by atoms with van der Waals surface area (Å²) in [7, 11) is -4.43. The SMILES string of the molecule is CC/C=C\C/C=C\C/C=C\C/C=C\CCCCC(=O)NCCOP(=O)(O)OCC(O)COC(=O)CCCCCCCCC/C=C\C/C=C\C/C=C\CC. The number of esters is 1. The molecule has 0 saturated heterocycles. The van der Waals surface area contributed by atoms with Gasteiger partial charge in [-0.2, -0.15) is 0 Å². The van der Waals surface area contributed by atoms with E-state index in [2.05, 4.69) is 104 Å². The van der Waals surface area contributed by atoms with Crippen molar-refractivity contribution in [1.29, 1.82) is 0 Å². The lowest BCUT2D eigenvalue weighted by Gasteiger charge is -2.15. The van der Waals surface area contributed by atoms with Crippen LogP contribution in [0.2, 0.25) is 0 Å². The number of phosphoric ester groups is 1.